The largest absolute Gasteiger partial charge is 0.490 e. The summed E-state index contributed by atoms with van der Waals surface area (Å²) < 4.78 is 11.1. The third-order valence-corrected chi connectivity index (χ3v) is 3.77. The number of nitrogens with one attached hydrogen (secondary N) is 1. The van der Waals surface area contributed by atoms with Gasteiger partial charge in [-0.2, -0.15) is 0 Å². The topological polar surface area (TPSA) is 51.5 Å². The van der Waals surface area contributed by atoms with Crippen molar-refractivity contribution < 1.29 is 13.9 Å². The summed E-state index contributed by atoms with van der Waals surface area (Å²) in [6, 6.07) is 12.0. The van der Waals surface area contributed by atoms with E-state index in [0.717, 1.165) is 5.39 Å². The van der Waals surface area contributed by atoms with Gasteiger partial charge >= 0.3 is 0 Å². The molecule has 0 aliphatic heterocycles. The molecule has 4 nitrogen and oxygen atoms in total. The Labute approximate surface area is 142 Å². The van der Waals surface area contributed by atoms with Gasteiger partial charge in [-0.3, -0.25) is 4.79 Å². The van der Waals surface area contributed by atoms with Gasteiger partial charge in [0.1, 0.15) is 0 Å². The second-order valence-corrected chi connectivity index (χ2v) is 5.64. The highest BCUT2D eigenvalue weighted by atomic mass is 35.5. The molecule has 0 saturated heterocycles. The Morgan fingerprint density at radius 2 is 2.04 bits per heavy atom. The molecule has 3 rings (SSSR count). The molecule has 0 radical (unpaired) electrons. The zero-order valence-electron chi connectivity index (χ0n) is 12.2. The van der Waals surface area contributed by atoms with Gasteiger partial charge in [0.15, 0.2) is 17.1 Å². The highest BCUT2D eigenvalue weighted by molar-refractivity contribution is 6.35. The first-order chi connectivity index (χ1) is 11.1. The van der Waals surface area contributed by atoms with Gasteiger partial charge in [-0.15, -0.1) is 0 Å². The van der Waals surface area contributed by atoms with E-state index in [1.165, 1.54) is 0 Å². The van der Waals surface area contributed by atoms with Crippen LogP contribution >= 0.6 is 23.2 Å². The summed E-state index contributed by atoms with van der Waals surface area (Å²) >= 11 is 12.0. The minimum absolute atomic E-state index is 0.170. The number of carbonyl (C=O) groups excluding carboxylic acids is 1. The lowest BCUT2D eigenvalue weighted by Gasteiger charge is -2.06. The lowest BCUT2D eigenvalue weighted by atomic mass is 10.2. The van der Waals surface area contributed by atoms with Crippen LogP contribution in [0.3, 0.4) is 0 Å². The van der Waals surface area contributed by atoms with Crippen LogP contribution in [0.5, 0.6) is 5.75 Å². The van der Waals surface area contributed by atoms with E-state index in [0.29, 0.717) is 33.7 Å². The molecule has 1 N–H and O–H groups in total. The Bertz CT molecular complexity index is 873. The van der Waals surface area contributed by atoms with Crippen LogP contribution in [0.1, 0.15) is 17.5 Å². The molecule has 2 aromatic carbocycles. The quantitative estimate of drug-likeness (QED) is 0.686. The average Bonchev–Trinajstić information content (AvgIpc) is 2.96. The maximum absolute atomic E-state index is 12.4. The van der Waals surface area contributed by atoms with Gasteiger partial charge in [-0.25, -0.2) is 0 Å². The summed E-state index contributed by atoms with van der Waals surface area (Å²) in [6.07, 6.45) is 0. The van der Waals surface area contributed by atoms with Gasteiger partial charge in [-0.1, -0.05) is 35.3 Å². The molecule has 0 bridgehead atoms. The summed E-state index contributed by atoms with van der Waals surface area (Å²) in [5.74, 6) is 0.362. The van der Waals surface area contributed by atoms with E-state index in [-0.39, 0.29) is 5.76 Å². The zero-order valence-corrected chi connectivity index (χ0v) is 13.7. The molecule has 118 valence electrons. The third-order valence-electron chi connectivity index (χ3n) is 3.21. The summed E-state index contributed by atoms with van der Waals surface area (Å²) in [5, 5.41) is 4.36. The molecular formula is C17H13Cl2NO3. The first kappa shape index (κ1) is 15.7. The number of carbonyl (C=O) groups is 1. The lowest BCUT2D eigenvalue weighted by Crippen LogP contribution is -2.11. The van der Waals surface area contributed by atoms with Crippen molar-refractivity contribution in [2.45, 2.75) is 6.92 Å². The number of fused-ring (bicyclic) bond motifs is 1. The van der Waals surface area contributed by atoms with Crippen molar-refractivity contribution in [3.8, 4) is 5.75 Å². The number of hydrogen-bond donors (Lipinski definition) is 1. The molecule has 23 heavy (non-hydrogen) atoms. The predicted molar refractivity (Wildman–Crippen MR) is 91.8 cm³/mol. The Balaban J connectivity index is 1.92. The zero-order chi connectivity index (χ0) is 16.4. The van der Waals surface area contributed by atoms with E-state index in [4.69, 9.17) is 32.4 Å². The van der Waals surface area contributed by atoms with E-state index >= 15 is 0 Å². The van der Waals surface area contributed by atoms with Gasteiger partial charge in [0, 0.05) is 10.4 Å². The fraction of sp³-hybridized carbons (Fsp3) is 0.118. The molecule has 3 aromatic rings. The van der Waals surface area contributed by atoms with Gasteiger partial charge < -0.3 is 14.5 Å². The van der Waals surface area contributed by atoms with Crippen molar-refractivity contribution in [1.82, 2.24) is 0 Å². The Kier molecular flexibility index (Phi) is 4.46. The second-order valence-electron chi connectivity index (χ2n) is 4.80. The first-order valence-corrected chi connectivity index (χ1v) is 7.76. The van der Waals surface area contributed by atoms with E-state index in [1.807, 2.05) is 19.1 Å². The van der Waals surface area contributed by atoms with Crippen molar-refractivity contribution in [3.63, 3.8) is 0 Å². The number of benzene rings is 2. The van der Waals surface area contributed by atoms with Crippen molar-refractivity contribution in [2.24, 2.45) is 0 Å². The van der Waals surface area contributed by atoms with Crippen molar-refractivity contribution in [3.05, 3.63) is 58.3 Å². The number of furan rings is 1. The highest BCUT2D eigenvalue weighted by Gasteiger charge is 2.16. The minimum atomic E-state index is -0.409. The van der Waals surface area contributed by atoms with Crippen molar-refractivity contribution >= 4 is 45.8 Å². The minimum Gasteiger partial charge on any atom is -0.490 e. The molecular weight excluding hydrogens is 337 g/mol. The van der Waals surface area contributed by atoms with E-state index < -0.39 is 5.91 Å². The smallest absolute Gasteiger partial charge is 0.291 e. The number of anilines is 1. The monoisotopic (exact) mass is 349 g/mol. The third kappa shape index (κ3) is 3.28. The molecule has 1 heterocycles. The molecule has 0 aliphatic carbocycles. The van der Waals surface area contributed by atoms with E-state index in [9.17, 15) is 4.79 Å². The summed E-state index contributed by atoms with van der Waals surface area (Å²) in [4.78, 5) is 12.4. The summed E-state index contributed by atoms with van der Waals surface area (Å²) in [5.41, 5.74) is 0.964. The van der Waals surface area contributed by atoms with Crippen LogP contribution in [0.2, 0.25) is 10.0 Å². The first-order valence-electron chi connectivity index (χ1n) is 7.00. The number of amides is 1. The Morgan fingerprint density at radius 3 is 2.83 bits per heavy atom. The van der Waals surface area contributed by atoms with Crippen molar-refractivity contribution in [1.29, 1.82) is 0 Å². The molecule has 0 atom stereocenters. The molecule has 0 unspecified atom stereocenters. The number of halogens is 2. The van der Waals surface area contributed by atoms with E-state index in [2.05, 4.69) is 5.32 Å². The SMILES string of the molecule is CCOc1cccc2cc(C(=O)Nc3cc(Cl)ccc3Cl)oc12. The second kappa shape index (κ2) is 6.52. The molecule has 1 aromatic heterocycles. The van der Waals surface area contributed by atoms with Crippen LogP contribution in [0.4, 0.5) is 5.69 Å². The molecule has 1 amide bonds. The predicted octanol–water partition coefficient (Wildman–Crippen LogP) is 5.39. The summed E-state index contributed by atoms with van der Waals surface area (Å²) in [6.45, 7) is 2.40. The molecule has 6 heteroatoms. The lowest BCUT2D eigenvalue weighted by molar-refractivity contribution is 0.0998. The van der Waals surface area contributed by atoms with E-state index in [1.54, 1.807) is 30.3 Å². The van der Waals surface area contributed by atoms with Crippen LogP contribution in [0, 0.1) is 0 Å². The number of ether oxygens (including phenoxy) is 1. The fourth-order valence-electron chi connectivity index (χ4n) is 2.19. The van der Waals surface area contributed by atoms with Crippen LogP contribution < -0.4 is 10.1 Å². The fourth-order valence-corrected chi connectivity index (χ4v) is 2.53. The Hall–Kier alpha value is -2.17. The van der Waals surface area contributed by atoms with Gasteiger partial charge in [0.2, 0.25) is 0 Å². The molecule has 0 saturated carbocycles. The standard InChI is InChI=1S/C17H13Cl2NO3/c1-2-22-14-5-3-4-10-8-15(23-16(10)14)17(21)20-13-9-11(18)6-7-12(13)19/h3-9H,2H2,1H3,(H,20,21). The molecule has 0 fully saturated rings. The maximum Gasteiger partial charge on any atom is 0.291 e. The Morgan fingerprint density at radius 1 is 1.22 bits per heavy atom. The van der Waals surface area contributed by atoms with Crippen LogP contribution in [0.25, 0.3) is 11.0 Å². The van der Waals surface area contributed by atoms with Crippen LogP contribution in [-0.2, 0) is 0 Å². The highest BCUT2D eigenvalue weighted by Crippen LogP contribution is 2.30. The number of rotatable bonds is 4. The van der Waals surface area contributed by atoms with Gasteiger partial charge in [0.05, 0.1) is 17.3 Å². The number of hydrogen-bond acceptors (Lipinski definition) is 3. The molecule has 0 spiro atoms. The van der Waals surface area contributed by atoms with Crippen LogP contribution in [-0.4, -0.2) is 12.5 Å². The maximum atomic E-state index is 12.4. The van der Waals surface area contributed by atoms with Gasteiger partial charge in [-0.05, 0) is 37.3 Å². The average molecular weight is 350 g/mol. The normalized spacial score (nSPS) is 10.7. The molecule has 0 aliphatic rings. The van der Waals surface area contributed by atoms with Crippen molar-refractivity contribution in [2.75, 3.05) is 11.9 Å². The number of para-hydroxylation sites is 1. The van der Waals surface area contributed by atoms with Gasteiger partial charge in [0.25, 0.3) is 5.91 Å². The van der Waals surface area contributed by atoms with Crippen LogP contribution in [0.15, 0.2) is 46.9 Å². The summed E-state index contributed by atoms with van der Waals surface area (Å²) in [7, 11) is 0.